The van der Waals surface area contributed by atoms with Gasteiger partial charge in [0.2, 0.25) is 5.95 Å². The summed E-state index contributed by atoms with van der Waals surface area (Å²) in [7, 11) is 3.07. The molecule has 0 bridgehead atoms. The molecule has 0 aliphatic rings. The van der Waals surface area contributed by atoms with Crippen molar-refractivity contribution < 1.29 is 9.47 Å². The third-order valence-electron chi connectivity index (χ3n) is 3.74. The molecular formula is C19H16Cl2N4O3. The summed E-state index contributed by atoms with van der Waals surface area (Å²) in [5.74, 6) is 1.31. The molecule has 9 heteroatoms. The van der Waals surface area contributed by atoms with Gasteiger partial charge in [-0.3, -0.25) is 9.78 Å². The van der Waals surface area contributed by atoms with Gasteiger partial charge in [0.1, 0.15) is 5.75 Å². The molecule has 144 valence electrons. The highest BCUT2D eigenvalue weighted by molar-refractivity contribution is 6.37. The SMILES string of the molecule is COc1ccc(-c2cc(=O)[nH]c(N/N=C\c3cc(Cl)c(OC)c(Cl)c3)n2)cc1. The summed E-state index contributed by atoms with van der Waals surface area (Å²) in [4.78, 5) is 18.9. The molecule has 7 nitrogen and oxygen atoms in total. The number of methoxy groups -OCH3 is 2. The molecule has 0 aliphatic heterocycles. The van der Waals surface area contributed by atoms with E-state index < -0.39 is 0 Å². The fraction of sp³-hybridized carbons (Fsp3) is 0.105. The van der Waals surface area contributed by atoms with Gasteiger partial charge in [-0.1, -0.05) is 23.2 Å². The van der Waals surface area contributed by atoms with Crippen molar-refractivity contribution in [3.8, 4) is 22.8 Å². The molecule has 1 heterocycles. The zero-order valence-corrected chi connectivity index (χ0v) is 16.5. The Bertz CT molecular complexity index is 1040. The number of hydrazone groups is 1. The van der Waals surface area contributed by atoms with Gasteiger partial charge >= 0.3 is 0 Å². The number of rotatable bonds is 6. The Morgan fingerprint density at radius 3 is 2.36 bits per heavy atom. The highest BCUT2D eigenvalue weighted by Crippen LogP contribution is 2.33. The van der Waals surface area contributed by atoms with E-state index >= 15 is 0 Å². The van der Waals surface area contributed by atoms with Crippen LogP contribution in [0.1, 0.15) is 5.56 Å². The summed E-state index contributed by atoms with van der Waals surface area (Å²) >= 11 is 12.2. The average Bonchev–Trinajstić information content (AvgIpc) is 2.67. The van der Waals surface area contributed by atoms with Gasteiger partial charge in [0.05, 0.1) is 36.2 Å². The van der Waals surface area contributed by atoms with E-state index in [9.17, 15) is 4.79 Å². The molecule has 28 heavy (non-hydrogen) atoms. The number of halogens is 2. The third-order valence-corrected chi connectivity index (χ3v) is 4.30. The molecule has 3 rings (SSSR count). The number of anilines is 1. The van der Waals surface area contributed by atoms with E-state index in [1.165, 1.54) is 19.4 Å². The first-order chi connectivity index (χ1) is 13.5. The van der Waals surface area contributed by atoms with Crippen LogP contribution in [0.2, 0.25) is 10.0 Å². The van der Waals surface area contributed by atoms with Gasteiger partial charge in [0.15, 0.2) is 5.75 Å². The van der Waals surface area contributed by atoms with Gasteiger partial charge in [-0.15, -0.1) is 0 Å². The summed E-state index contributed by atoms with van der Waals surface area (Å²) in [6, 6.07) is 11.9. The van der Waals surface area contributed by atoms with Crippen LogP contribution in [0.25, 0.3) is 11.3 Å². The van der Waals surface area contributed by atoms with Crippen LogP contribution >= 0.6 is 23.2 Å². The molecule has 0 saturated carbocycles. The zero-order valence-electron chi connectivity index (χ0n) is 15.0. The number of nitrogens with one attached hydrogen (secondary N) is 2. The fourth-order valence-corrected chi connectivity index (χ4v) is 3.10. The Kier molecular flexibility index (Phi) is 6.18. The van der Waals surface area contributed by atoms with Crippen molar-refractivity contribution in [2.45, 2.75) is 0 Å². The molecule has 1 aromatic heterocycles. The molecule has 0 spiro atoms. The van der Waals surface area contributed by atoms with Gasteiger partial charge in [0.25, 0.3) is 5.56 Å². The van der Waals surface area contributed by atoms with Crippen molar-refractivity contribution in [3.63, 3.8) is 0 Å². The predicted octanol–water partition coefficient (Wildman–Crippen LogP) is 4.21. The monoisotopic (exact) mass is 418 g/mol. The second kappa shape index (κ2) is 8.77. The Morgan fingerprint density at radius 2 is 1.75 bits per heavy atom. The molecule has 3 aromatic rings. The second-order valence-electron chi connectivity index (χ2n) is 5.60. The van der Waals surface area contributed by atoms with Gasteiger partial charge < -0.3 is 9.47 Å². The number of H-pyrrole nitrogens is 1. The smallest absolute Gasteiger partial charge is 0.252 e. The lowest BCUT2D eigenvalue weighted by atomic mass is 10.1. The Morgan fingerprint density at radius 1 is 1.07 bits per heavy atom. The number of hydrogen-bond acceptors (Lipinski definition) is 6. The second-order valence-corrected chi connectivity index (χ2v) is 6.41. The minimum Gasteiger partial charge on any atom is -0.497 e. The van der Waals surface area contributed by atoms with Gasteiger partial charge in [-0.25, -0.2) is 10.4 Å². The van der Waals surface area contributed by atoms with Crippen LogP contribution in [-0.2, 0) is 0 Å². The van der Waals surface area contributed by atoms with Crippen LogP contribution in [0, 0.1) is 0 Å². The van der Waals surface area contributed by atoms with E-state index in [0.717, 1.165) is 5.56 Å². The number of aromatic amines is 1. The largest absolute Gasteiger partial charge is 0.497 e. The van der Waals surface area contributed by atoms with Crippen LogP contribution in [-0.4, -0.2) is 30.4 Å². The maximum atomic E-state index is 11.9. The van der Waals surface area contributed by atoms with Crippen LogP contribution in [0.5, 0.6) is 11.5 Å². The van der Waals surface area contributed by atoms with Gasteiger partial charge in [-0.2, -0.15) is 5.10 Å². The first kappa shape index (κ1) is 19.7. The van der Waals surface area contributed by atoms with Crippen molar-refractivity contribution in [2.24, 2.45) is 5.10 Å². The highest BCUT2D eigenvalue weighted by atomic mass is 35.5. The minimum atomic E-state index is -0.311. The van der Waals surface area contributed by atoms with Crippen LogP contribution in [0.15, 0.2) is 52.4 Å². The molecule has 0 amide bonds. The Balaban J connectivity index is 1.80. The summed E-state index contributed by atoms with van der Waals surface area (Å²) in [5, 5.41) is 4.80. The summed E-state index contributed by atoms with van der Waals surface area (Å²) in [5.41, 5.74) is 4.30. The average molecular weight is 419 g/mol. The summed E-state index contributed by atoms with van der Waals surface area (Å²) < 4.78 is 10.2. The van der Waals surface area contributed by atoms with E-state index in [-0.39, 0.29) is 11.5 Å². The quantitative estimate of drug-likeness (QED) is 0.462. The van der Waals surface area contributed by atoms with E-state index in [2.05, 4.69) is 20.5 Å². The number of ether oxygens (including phenoxy) is 2. The minimum absolute atomic E-state index is 0.195. The number of nitrogens with zero attached hydrogens (tertiary/aromatic N) is 2. The van der Waals surface area contributed by atoms with Crippen LogP contribution in [0.3, 0.4) is 0 Å². The molecule has 0 atom stereocenters. The van der Waals surface area contributed by atoms with Crippen molar-refractivity contribution in [2.75, 3.05) is 19.6 Å². The molecule has 0 radical (unpaired) electrons. The van der Waals surface area contributed by atoms with E-state index in [1.54, 1.807) is 31.4 Å². The molecule has 0 saturated heterocycles. The molecule has 2 aromatic carbocycles. The normalized spacial score (nSPS) is 10.9. The lowest BCUT2D eigenvalue weighted by Gasteiger charge is -2.06. The molecule has 0 fully saturated rings. The van der Waals surface area contributed by atoms with Crippen molar-refractivity contribution in [1.29, 1.82) is 0 Å². The number of aromatic nitrogens is 2. The van der Waals surface area contributed by atoms with Gasteiger partial charge in [-0.05, 0) is 42.0 Å². The van der Waals surface area contributed by atoms with Crippen molar-refractivity contribution in [3.05, 3.63) is 68.4 Å². The zero-order chi connectivity index (χ0) is 20.1. The van der Waals surface area contributed by atoms with E-state index in [1.807, 2.05) is 12.1 Å². The van der Waals surface area contributed by atoms with Crippen LogP contribution in [0.4, 0.5) is 5.95 Å². The summed E-state index contributed by atoms with van der Waals surface area (Å²) in [6.07, 6.45) is 1.50. The Labute approximate surface area is 170 Å². The molecule has 2 N–H and O–H groups in total. The lowest BCUT2D eigenvalue weighted by molar-refractivity contribution is 0.415. The summed E-state index contributed by atoms with van der Waals surface area (Å²) in [6.45, 7) is 0. The molecule has 0 unspecified atom stereocenters. The van der Waals surface area contributed by atoms with Crippen molar-refractivity contribution in [1.82, 2.24) is 9.97 Å². The maximum absolute atomic E-state index is 11.9. The first-order valence-corrected chi connectivity index (χ1v) is 8.83. The maximum Gasteiger partial charge on any atom is 0.252 e. The number of benzene rings is 2. The topological polar surface area (TPSA) is 88.6 Å². The van der Waals surface area contributed by atoms with Crippen molar-refractivity contribution >= 4 is 35.4 Å². The Hall–Kier alpha value is -3.03. The third kappa shape index (κ3) is 4.62. The standard InChI is InChI=1S/C19H16Cl2N4O3/c1-27-13-5-3-12(4-6-13)16-9-17(26)24-19(23-16)25-22-10-11-7-14(20)18(28-2)15(21)8-11/h3-10H,1-2H3,(H2,23,24,25,26)/b22-10-. The van der Waals surface area contributed by atoms with E-state index in [4.69, 9.17) is 32.7 Å². The first-order valence-electron chi connectivity index (χ1n) is 8.08. The number of hydrogen-bond donors (Lipinski definition) is 2. The van der Waals surface area contributed by atoms with Crippen LogP contribution < -0.4 is 20.5 Å². The van der Waals surface area contributed by atoms with E-state index in [0.29, 0.717) is 32.8 Å². The fourth-order valence-electron chi connectivity index (χ4n) is 2.44. The lowest BCUT2D eigenvalue weighted by Crippen LogP contribution is -2.10. The van der Waals surface area contributed by atoms with Gasteiger partial charge in [0, 0.05) is 11.6 Å². The molecular weight excluding hydrogens is 403 g/mol. The molecule has 0 aliphatic carbocycles. The highest BCUT2D eigenvalue weighted by Gasteiger charge is 2.08. The predicted molar refractivity (Wildman–Crippen MR) is 111 cm³/mol.